The average molecular weight is 264 g/mol. The van der Waals surface area contributed by atoms with E-state index in [-0.39, 0.29) is 11.8 Å². The molecule has 19 heavy (non-hydrogen) atoms. The van der Waals surface area contributed by atoms with Gasteiger partial charge in [0, 0.05) is 18.2 Å². The van der Waals surface area contributed by atoms with Gasteiger partial charge in [-0.05, 0) is 31.7 Å². The molecule has 1 rings (SSSR count). The van der Waals surface area contributed by atoms with Crippen LogP contribution in [0.15, 0.2) is 18.2 Å². The van der Waals surface area contributed by atoms with Crippen LogP contribution < -0.4 is 10.6 Å². The summed E-state index contributed by atoms with van der Waals surface area (Å²) in [4.78, 5) is 23.5. The topological polar surface area (TPSA) is 67.4 Å². The highest BCUT2D eigenvalue weighted by atomic mass is 16.5. The zero-order valence-corrected chi connectivity index (χ0v) is 11.7. The molecule has 0 saturated carbocycles. The molecule has 2 N–H and O–H groups in total. The lowest BCUT2D eigenvalue weighted by atomic mass is 10.1. The maximum Gasteiger partial charge on any atom is 0.338 e. The number of hydrogen-bond donors (Lipinski definition) is 2. The van der Waals surface area contributed by atoms with Gasteiger partial charge < -0.3 is 15.4 Å². The number of rotatable bonds is 5. The SMILES string of the molecule is CNCC(C)C(=O)Nc1cccc(C(=O)OC)c1C. The number of carbonyl (C=O) groups is 2. The van der Waals surface area contributed by atoms with Crippen LogP contribution in [0.3, 0.4) is 0 Å². The Labute approximate surface area is 113 Å². The summed E-state index contributed by atoms with van der Waals surface area (Å²) in [6.45, 7) is 4.22. The Kier molecular flexibility index (Phi) is 5.51. The van der Waals surface area contributed by atoms with Crippen LogP contribution in [-0.2, 0) is 9.53 Å². The fraction of sp³-hybridized carbons (Fsp3) is 0.429. The van der Waals surface area contributed by atoms with Gasteiger partial charge in [-0.15, -0.1) is 0 Å². The summed E-state index contributed by atoms with van der Waals surface area (Å²) in [7, 11) is 3.13. The standard InChI is InChI=1S/C14H20N2O3/c1-9(8-15-3)13(17)16-12-7-5-6-11(10(12)2)14(18)19-4/h5-7,9,15H,8H2,1-4H3,(H,16,17). The molecule has 1 unspecified atom stereocenters. The molecule has 0 bridgehead atoms. The summed E-state index contributed by atoms with van der Waals surface area (Å²) in [6, 6.07) is 5.16. The van der Waals surface area contributed by atoms with Gasteiger partial charge in [0.2, 0.25) is 5.91 Å². The minimum absolute atomic E-state index is 0.0838. The molecule has 0 saturated heterocycles. The van der Waals surface area contributed by atoms with Gasteiger partial charge in [0.25, 0.3) is 0 Å². The van der Waals surface area contributed by atoms with Gasteiger partial charge in [-0.1, -0.05) is 13.0 Å². The number of benzene rings is 1. The van der Waals surface area contributed by atoms with Crippen molar-refractivity contribution in [3.05, 3.63) is 29.3 Å². The molecule has 0 spiro atoms. The van der Waals surface area contributed by atoms with Crippen molar-refractivity contribution >= 4 is 17.6 Å². The smallest absolute Gasteiger partial charge is 0.338 e. The van der Waals surface area contributed by atoms with Crippen LogP contribution in [0.1, 0.15) is 22.8 Å². The molecule has 0 aromatic heterocycles. The van der Waals surface area contributed by atoms with E-state index in [1.54, 1.807) is 32.2 Å². The first-order valence-corrected chi connectivity index (χ1v) is 6.14. The van der Waals surface area contributed by atoms with E-state index in [9.17, 15) is 9.59 Å². The van der Waals surface area contributed by atoms with Crippen LogP contribution in [0, 0.1) is 12.8 Å². The Balaban J connectivity index is 2.90. The third-order valence-electron chi connectivity index (χ3n) is 2.95. The molecule has 1 aromatic carbocycles. The Morgan fingerprint density at radius 1 is 1.37 bits per heavy atom. The predicted molar refractivity (Wildman–Crippen MR) is 74.2 cm³/mol. The zero-order chi connectivity index (χ0) is 14.4. The Morgan fingerprint density at radius 2 is 2.05 bits per heavy atom. The van der Waals surface area contributed by atoms with Gasteiger partial charge in [0.1, 0.15) is 0 Å². The monoisotopic (exact) mass is 264 g/mol. The van der Waals surface area contributed by atoms with Crippen molar-refractivity contribution in [2.24, 2.45) is 5.92 Å². The highest BCUT2D eigenvalue weighted by molar-refractivity contribution is 5.97. The summed E-state index contributed by atoms with van der Waals surface area (Å²) < 4.78 is 4.70. The second kappa shape index (κ2) is 6.89. The number of carbonyl (C=O) groups excluding carboxylic acids is 2. The van der Waals surface area contributed by atoms with E-state index in [0.717, 1.165) is 0 Å². The van der Waals surface area contributed by atoms with E-state index in [1.807, 2.05) is 6.92 Å². The van der Waals surface area contributed by atoms with Gasteiger partial charge in [-0.2, -0.15) is 0 Å². The molecule has 0 aliphatic carbocycles. The van der Waals surface area contributed by atoms with E-state index < -0.39 is 5.97 Å². The first-order chi connectivity index (χ1) is 9.01. The number of nitrogens with one attached hydrogen (secondary N) is 2. The molecule has 1 amide bonds. The average Bonchev–Trinajstić information content (AvgIpc) is 2.40. The zero-order valence-electron chi connectivity index (χ0n) is 11.7. The number of hydrogen-bond acceptors (Lipinski definition) is 4. The predicted octanol–water partition coefficient (Wildman–Crippen LogP) is 1.58. The van der Waals surface area contributed by atoms with Crippen molar-refractivity contribution in [3.8, 4) is 0 Å². The second-order valence-corrected chi connectivity index (χ2v) is 4.42. The van der Waals surface area contributed by atoms with Gasteiger partial charge in [-0.3, -0.25) is 4.79 Å². The number of ether oxygens (including phenoxy) is 1. The summed E-state index contributed by atoms with van der Waals surface area (Å²) in [5.74, 6) is -0.637. The summed E-state index contributed by atoms with van der Waals surface area (Å²) >= 11 is 0. The number of anilines is 1. The third-order valence-corrected chi connectivity index (χ3v) is 2.95. The molecule has 0 fully saturated rings. The highest BCUT2D eigenvalue weighted by Crippen LogP contribution is 2.20. The molecule has 0 aliphatic rings. The van der Waals surface area contributed by atoms with Gasteiger partial charge >= 0.3 is 5.97 Å². The largest absolute Gasteiger partial charge is 0.465 e. The highest BCUT2D eigenvalue weighted by Gasteiger charge is 2.16. The van der Waals surface area contributed by atoms with Crippen LogP contribution in [-0.4, -0.2) is 32.6 Å². The van der Waals surface area contributed by atoms with Crippen LogP contribution in [0.25, 0.3) is 0 Å². The Hall–Kier alpha value is -1.88. The normalized spacial score (nSPS) is 11.8. The minimum Gasteiger partial charge on any atom is -0.465 e. The molecule has 1 aromatic rings. The second-order valence-electron chi connectivity index (χ2n) is 4.42. The summed E-state index contributed by atoms with van der Waals surface area (Å²) in [5.41, 5.74) is 1.80. The maximum absolute atomic E-state index is 11.9. The first kappa shape index (κ1) is 15.2. The van der Waals surface area contributed by atoms with E-state index in [0.29, 0.717) is 23.4 Å². The minimum atomic E-state index is -0.406. The molecular formula is C14H20N2O3. The van der Waals surface area contributed by atoms with Crippen molar-refractivity contribution in [1.82, 2.24) is 5.32 Å². The number of methoxy groups -OCH3 is 1. The Bertz CT molecular complexity index is 472. The van der Waals surface area contributed by atoms with Gasteiger partial charge in [-0.25, -0.2) is 4.79 Å². The van der Waals surface area contributed by atoms with Crippen molar-refractivity contribution in [3.63, 3.8) is 0 Å². The van der Waals surface area contributed by atoms with E-state index in [2.05, 4.69) is 10.6 Å². The summed E-state index contributed by atoms with van der Waals surface area (Å²) in [6.07, 6.45) is 0. The quantitative estimate of drug-likeness (QED) is 0.792. The van der Waals surface area contributed by atoms with Gasteiger partial charge in [0.15, 0.2) is 0 Å². The summed E-state index contributed by atoms with van der Waals surface area (Å²) in [5, 5.41) is 5.78. The van der Waals surface area contributed by atoms with Crippen molar-refractivity contribution in [2.75, 3.05) is 26.0 Å². The van der Waals surface area contributed by atoms with E-state index in [1.165, 1.54) is 7.11 Å². The fourth-order valence-corrected chi connectivity index (χ4v) is 1.76. The molecule has 104 valence electrons. The lowest BCUT2D eigenvalue weighted by molar-refractivity contribution is -0.119. The lowest BCUT2D eigenvalue weighted by Gasteiger charge is -2.14. The van der Waals surface area contributed by atoms with Crippen LogP contribution in [0.4, 0.5) is 5.69 Å². The first-order valence-electron chi connectivity index (χ1n) is 6.14. The third kappa shape index (κ3) is 3.79. The maximum atomic E-state index is 11.9. The van der Waals surface area contributed by atoms with E-state index in [4.69, 9.17) is 4.74 Å². The van der Waals surface area contributed by atoms with Crippen molar-refractivity contribution < 1.29 is 14.3 Å². The molecular weight excluding hydrogens is 244 g/mol. The van der Waals surface area contributed by atoms with Crippen LogP contribution in [0.5, 0.6) is 0 Å². The van der Waals surface area contributed by atoms with Crippen LogP contribution in [0.2, 0.25) is 0 Å². The fourth-order valence-electron chi connectivity index (χ4n) is 1.76. The molecule has 0 radical (unpaired) electrons. The molecule has 0 heterocycles. The van der Waals surface area contributed by atoms with Gasteiger partial charge in [0.05, 0.1) is 12.7 Å². The Morgan fingerprint density at radius 3 is 2.63 bits per heavy atom. The number of amides is 1. The van der Waals surface area contributed by atoms with Crippen molar-refractivity contribution in [1.29, 1.82) is 0 Å². The molecule has 1 atom stereocenters. The lowest BCUT2D eigenvalue weighted by Crippen LogP contribution is -2.29. The number of esters is 1. The van der Waals surface area contributed by atoms with Crippen molar-refractivity contribution in [2.45, 2.75) is 13.8 Å². The molecule has 5 nitrogen and oxygen atoms in total. The van der Waals surface area contributed by atoms with E-state index >= 15 is 0 Å². The van der Waals surface area contributed by atoms with Crippen LogP contribution >= 0.6 is 0 Å². The molecule has 5 heteroatoms. The molecule has 0 aliphatic heterocycles.